The van der Waals surface area contributed by atoms with E-state index in [1.807, 2.05) is 0 Å². The molecule has 138 valence electrons. The lowest BCUT2D eigenvalue weighted by Gasteiger charge is -2.18. The van der Waals surface area contributed by atoms with E-state index in [0.29, 0.717) is 17.3 Å². The van der Waals surface area contributed by atoms with Gasteiger partial charge in [-0.15, -0.1) is 0 Å². The fraction of sp³-hybridized carbons (Fsp3) is 0.316. The number of amides is 1. The van der Waals surface area contributed by atoms with Crippen molar-refractivity contribution in [3.05, 3.63) is 58.9 Å². The van der Waals surface area contributed by atoms with Crippen molar-refractivity contribution in [1.82, 2.24) is 24.4 Å². The minimum Gasteiger partial charge on any atom is -0.324 e. The van der Waals surface area contributed by atoms with E-state index < -0.39 is 0 Å². The molecule has 8 nitrogen and oxygen atoms in total. The van der Waals surface area contributed by atoms with Crippen molar-refractivity contribution in [1.29, 1.82) is 0 Å². The SMILES string of the molecule is CC1CC=C(c2ccc(=O)n(CC(=O)Nc3ccn4ncnc4c3)n2)CC1. The summed E-state index contributed by atoms with van der Waals surface area (Å²) in [5.41, 5.74) is 2.82. The Morgan fingerprint density at radius 1 is 1.33 bits per heavy atom. The van der Waals surface area contributed by atoms with Crippen LogP contribution in [-0.2, 0) is 11.3 Å². The van der Waals surface area contributed by atoms with Gasteiger partial charge in [-0.2, -0.15) is 10.2 Å². The maximum Gasteiger partial charge on any atom is 0.267 e. The van der Waals surface area contributed by atoms with Crippen LogP contribution in [0.5, 0.6) is 0 Å². The third-order valence-corrected chi connectivity index (χ3v) is 4.73. The number of carbonyl (C=O) groups is 1. The van der Waals surface area contributed by atoms with Crippen molar-refractivity contribution in [3.8, 4) is 0 Å². The zero-order valence-electron chi connectivity index (χ0n) is 15.0. The molecule has 0 bridgehead atoms. The number of nitrogens with zero attached hydrogens (tertiary/aromatic N) is 5. The molecule has 8 heteroatoms. The van der Waals surface area contributed by atoms with Gasteiger partial charge in [0.05, 0.1) is 5.69 Å². The lowest BCUT2D eigenvalue weighted by atomic mass is 9.90. The van der Waals surface area contributed by atoms with Gasteiger partial charge >= 0.3 is 0 Å². The van der Waals surface area contributed by atoms with Crippen LogP contribution in [0.15, 0.2) is 47.7 Å². The number of rotatable bonds is 4. The molecule has 0 spiro atoms. The van der Waals surface area contributed by atoms with Crippen molar-refractivity contribution in [2.75, 3.05) is 5.32 Å². The van der Waals surface area contributed by atoms with E-state index in [-0.39, 0.29) is 18.0 Å². The van der Waals surface area contributed by atoms with Gasteiger partial charge < -0.3 is 5.32 Å². The molecule has 3 heterocycles. The van der Waals surface area contributed by atoms with Crippen LogP contribution in [-0.4, -0.2) is 30.3 Å². The van der Waals surface area contributed by atoms with Crippen LogP contribution in [0.25, 0.3) is 11.2 Å². The van der Waals surface area contributed by atoms with Gasteiger partial charge in [0.2, 0.25) is 5.91 Å². The van der Waals surface area contributed by atoms with Crippen LogP contribution in [0.2, 0.25) is 0 Å². The Hall–Kier alpha value is -3.29. The zero-order chi connectivity index (χ0) is 18.8. The maximum atomic E-state index is 12.4. The Kier molecular flexibility index (Phi) is 4.53. The van der Waals surface area contributed by atoms with Crippen molar-refractivity contribution in [2.24, 2.45) is 5.92 Å². The first-order valence-electron chi connectivity index (χ1n) is 8.95. The van der Waals surface area contributed by atoms with E-state index >= 15 is 0 Å². The van der Waals surface area contributed by atoms with Crippen molar-refractivity contribution in [3.63, 3.8) is 0 Å². The van der Waals surface area contributed by atoms with Crippen molar-refractivity contribution in [2.45, 2.75) is 32.7 Å². The summed E-state index contributed by atoms with van der Waals surface area (Å²) in [5.74, 6) is 0.352. The number of aromatic nitrogens is 5. The molecule has 1 aliphatic carbocycles. The third kappa shape index (κ3) is 3.79. The average Bonchev–Trinajstić information content (AvgIpc) is 3.12. The molecule has 1 atom stereocenters. The topological polar surface area (TPSA) is 94.2 Å². The van der Waals surface area contributed by atoms with Gasteiger partial charge in [0.25, 0.3) is 5.56 Å². The minimum atomic E-state index is -0.322. The van der Waals surface area contributed by atoms with Crippen molar-refractivity contribution < 1.29 is 4.79 Å². The molecule has 0 radical (unpaired) electrons. The van der Waals surface area contributed by atoms with Gasteiger partial charge in [0.1, 0.15) is 12.9 Å². The monoisotopic (exact) mass is 364 g/mol. The molecule has 0 saturated carbocycles. The summed E-state index contributed by atoms with van der Waals surface area (Å²) >= 11 is 0. The van der Waals surface area contributed by atoms with Gasteiger partial charge in [-0.05, 0) is 42.9 Å². The molecule has 3 aromatic heterocycles. The van der Waals surface area contributed by atoms with Crippen LogP contribution >= 0.6 is 0 Å². The number of anilines is 1. The predicted molar refractivity (Wildman–Crippen MR) is 101 cm³/mol. The third-order valence-electron chi connectivity index (χ3n) is 4.73. The van der Waals surface area contributed by atoms with Crippen LogP contribution < -0.4 is 10.9 Å². The molecule has 0 saturated heterocycles. The number of carbonyl (C=O) groups excluding carboxylic acids is 1. The maximum absolute atomic E-state index is 12.4. The molecule has 0 fully saturated rings. The molecular formula is C19H20N6O2. The summed E-state index contributed by atoms with van der Waals surface area (Å²) in [6.07, 6.45) is 8.40. The first-order valence-corrected chi connectivity index (χ1v) is 8.95. The Bertz CT molecular complexity index is 1080. The second-order valence-electron chi connectivity index (χ2n) is 6.85. The number of fused-ring (bicyclic) bond motifs is 1. The molecule has 27 heavy (non-hydrogen) atoms. The van der Waals surface area contributed by atoms with Gasteiger partial charge in [-0.1, -0.05) is 13.0 Å². The second-order valence-corrected chi connectivity index (χ2v) is 6.85. The number of hydrogen-bond acceptors (Lipinski definition) is 5. The highest BCUT2D eigenvalue weighted by atomic mass is 16.2. The molecule has 4 rings (SSSR count). The molecule has 1 aliphatic rings. The fourth-order valence-corrected chi connectivity index (χ4v) is 3.16. The summed E-state index contributed by atoms with van der Waals surface area (Å²) in [6, 6.07) is 6.64. The first-order chi connectivity index (χ1) is 13.1. The lowest BCUT2D eigenvalue weighted by molar-refractivity contribution is -0.117. The lowest BCUT2D eigenvalue weighted by Crippen LogP contribution is -2.29. The van der Waals surface area contributed by atoms with E-state index in [2.05, 4.69) is 33.5 Å². The minimum absolute atomic E-state index is 0.145. The van der Waals surface area contributed by atoms with Gasteiger partial charge in [-0.25, -0.2) is 14.2 Å². The number of nitrogens with one attached hydrogen (secondary N) is 1. The Morgan fingerprint density at radius 3 is 3.04 bits per heavy atom. The molecule has 0 aromatic carbocycles. The largest absolute Gasteiger partial charge is 0.324 e. The highest BCUT2D eigenvalue weighted by molar-refractivity contribution is 5.90. The molecule has 1 N–H and O–H groups in total. The Balaban J connectivity index is 1.50. The smallest absolute Gasteiger partial charge is 0.267 e. The van der Waals surface area contributed by atoms with E-state index in [1.165, 1.54) is 17.1 Å². The highest BCUT2D eigenvalue weighted by Gasteiger charge is 2.14. The van der Waals surface area contributed by atoms with E-state index in [9.17, 15) is 9.59 Å². The number of allylic oxidation sites excluding steroid dienone is 2. The quantitative estimate of drug-likeness (QED) is 0.765. The molecule has 0 aliphatic heterocycles. The molecule has 3 aromatic rings. The van der Waals surface area contributed by atoms with Crippen molar-refractivity contribution >= 4 is 22.8 Å². The predicted octanol–water partition coefficient (Wildman–Crippen LogP) is 2.13. The summed E-state index contributed by atoms with van der Waals surface area (Å²) in [6.45, 7) is 2.08. The van der Waals surface area contributed by atoms with Gasteiger partial charge in [0.15, 0.2) is 5.65 Å². The summed E-state index contributed by atoms with van der Waals surface area (Å²) in [7, 11) is 0. The number of hydrogen-bond donors (Lipinski definition) is 1. The van der Waals surface area contributed by atoms with E-state index in [0.717, 1.165) is 30.5 Å². The number of pyridine rings is 1. The van der Waals surface area contributed by atoms with Gasteiger partial charge in [0, 0.05) is 24.0 Å². The highest BCUT2D eigenvalue weighted by Crippen LogP contribution is 2.28. The zero-order valence-corrected chi connectivity index (χ0v) is 15.0. The summed E-state index contributed by atoms with van der Waals surface area (Å²) in [4.78, 5) is 28.6. The molecular weight excluding hydrogens is 344 g/mol. The summed E-state index contributed by atoms with van der Waals surface area (Å²) in [5, 5.41) is 11.2. The van der Waals surface area contributed by atoms with Crippen LogP contribution in [0.3, 0.4) is 0 Å². The first kappa shape index (κ1) is 17.1. The second kappa shape index (κ2) is 7.14. The van der Waals surface area contributed by atoms with E-state index in [1.54, 1.807) is 28.9 Å². The van der Waals surface area contributed by atoms with Crippen LogP contribution in [0.1, 0.15) is 31.9 Å². The normalized spacial score (nSPS) is 16.9. The Morgan fingerprint density at radius 2 is 2.22 bits per heavy atom. The molecule has 1 amide bonds. The van der Waals surface area contributed by atoms with Gasteiger partial charge in [-0.3, -0.25) is 9.59 Å². The molecule has 1 unspecified atom stereocenters. The standard InChI is InChI=1S/C19H20N6O2/c1-13-2-4-14(5-3-13)16-6-7-19(27)25(23-16)11-18(26)22-15-8-9-24-17(10-15)20-12-21-24/h4,6-10,12-13H,2-3,5,11H2,1H3,(H,22,26). The average molecular weight is 364 g/mol. The van der Waals surface area contributed by atoms with Crippen LogP contribution in [0, 0.1) is 5.92 Å². The van der Waals surface area contributed by atoms with Crippen LogP contribution in [0.4, 0.5) is 5.69 Å². The van der Waals surface area contributed by atoms with E-state index in [4.69, 9.17) is 0 Å². The fourth-order valence-electron chi connectivity index (χ4n) is 3.16. The summed E-state index contributed by atoms with van der Waals surface area (Å²) < 4.78 is 2.81. The Labute approximate surface area is 155 Å².